The maximum atomic E-state index is 10.7. The van der Waals surface area contributed by atoms with E-state index in [0.717, 1.165) is 12.2 Å². The van der Waals surface area contributed by atoms with Crippen molar-refractivity contribution in [1.82, 2.24) is 0 Å². The van der Waals surface area contributed by atoms with Crippen molar-refractivity contribution < 1.29 is 24.2 Å². The molecule has 0 saturated carbocycles. The predicted molar refractivity (Wildman–Crippen MR) is 52.9 cm³/mol. The Hall–Kier alpha value is -1.62. The zero-order chi connectivity index (χ0) is 11.9. The van der Waals surface area contributed by atoms with Crippen LogP contribution in [0.4, 0.5) is 0 Å². The minimum absolute atomic E-state index is 0.276. The Labute approximate surface area is 88.0 Å². The minimum Gasteiger partial charge on any atom is -0.459 e. The van der Waals surface area contributed by atoms with Crippen LogP contribution in [0, 0.1) is 0 Å². The number of hydrogen-bond donors (Lipinski definition) is 1. The molecule has 0 heterocycles. The highest BCUT2D eigenvalue weighted by atomic mass is 16.6. The molecule has 0 rings (SSSR count). The van der Waals surface area contributed by atoms with Crippen LogP contribution < -0.4 is 0 Å². The van der Waals surface area contributed by atoms with Gasteiger partial charge in [0, 0.05) is 12.2 Å². The number of carbonyl (C=O) groups is 2. The van der Waals surface area contributed by atoms with Crippen LogP contribution in [0.1, 0.15) is 6.92 Å². The summed E-state index contributed by atoms with van der Waals surface area (Å²) in [6.45, 7) is 7.21. The average molecular weight is 214 g/mol. The molecule has 0 aliphatic carbocycles. The zero-order valence-corrected chi connectivity index (χ0v) is 8.56. The van der Waals surface area contributed by atoms with Crippen LogP contribution in [0.5, 0.6) is 0 Å². The maximum absolute atomic E-state index is 10.7. The largest absolute Gasteiger partial charge is 0.459 e. The topological polar surface area (TPSA) is 72.8 Å². The molecule has 0 aromatic rings. The third-order valence-corrected chi connectivity index (χ3v) is 1.38. The van der Waals surface area contributed by atoms with Gasteiger partial charge in [0.2, 0.25) is 0 Å². The lowest BCUT2D eigenvalue weighted by atomic mass is 10.1. The Bertz CT molecular complexity index is 241. The Morgan fingerprint density at radius 2 is 1.53 bits per heavy atom. The van der Waals surface area contributed by atoms with Crippen molar-refractivity contribution in [1.29, 1.82) is 0 Å². The van der Waals surface area contributed by atoms with Gasteiger partial charge in [0.25, 0.3) is 0 Å². The van der Waals surface area contributed by atoms with Gasteiger partial charge >= 0.3 is 11.9 Å². The summed E-state index contributed by atoms with van der Waals surface area (Å²) < 4.78 is 9.20. The number of rotatable bonds is 6. The first kappa shape index (κ1) is 13.4. The molecule has 0 fully saturated rings. The van der Waals surface area contributed by atoms with Crippen molar-refractivity contribution >= 4 is 11.9 Å². The first-order valence-electron chi connectivity index (χ1n) is 4.22. The van der Waals surface area contributed by atoms with E-state index in [1.807, 2.05) is 0 Å². The highest BCUT2D eigenvalue weighted by Gasteiger charge is 2.24. The van der Waals surface area contributed by atoms with E-state index >= 15 is 0 Å². The molecule has 0 atom stereocenters. The van der Waals surface area contributed by atoms with E-state index in [9.17, 15) is 14.7 Å². The highest BCUT2D eigenvalue weighted by molar-refractivity contribution is 5.81. The summed E-state index contributed by atoms with van der Waals surface area (Å²) >= 11 is 0. The summed E-state index contributed by atoms with van der Waals surface area (Å²) in [5.41, 5.74) is -1.42. The molecule has 0 spiro atoms. The Balaban J connectivity index is 3.95. The van der Waals surface area contributed by atoms with Gasteiger partial charge in [-0.2, -0.15) is 0 Å². The van der Waals surface area contributed by atoms with Gasteiger partial charge in [0.15, 0.2) is 0 Å². The summed E-state index contributed by atoms with van der Waals surface area (Å²) in [7, 11) is 0. The van der Waals surface area contributed by atoms with Crippen molar-refractivity contribution in [2.75, 3.05) is 13.2 Å². The van der Waals surface area contributed by atoms with Crippen LogP contribution in [0.25, 0.3) is 0 Å². The summed E-state index contributed by atoms with van der Waals surface area (Å²) in [5.74, 6) is -1.30. The van der Waals surface area contributed by atoms with E-state index < -0.39 is 17.5 Å². The average Bonchev–Trinajstić information content (AvgIpc) is 2.22. The summed E-state index contributed by atoms with van der Waals surface area (Å²) in [4.78, 5) is 21.4. The second kappa shape index (κ2) is 5.98. The second-order valence-corrected chi connectivity index (χ2v) is 3.12. The lowest BCUT2D eigenvalue weighted by Gasteiger charge is -2.21. The minimum atomic E-state index is -1.42. The summed E-state index contributed by atoms with van der Waals surface area (Å²) in [6, 6.07) is 0. The fourth-order valence-corrected chi connectivity index (χ4v) is 0.613. The van der Waals surface area contributed by atoms with Gasteiger partial charge in [0.05, 0.1) is 0 Å². The van der Waals surface area contributed by atoms with Crippen LogP contribution in [0.2, 0.25) is 0 Å². The molecule has 1 N–H and O–H groups in total. The molecule has 0 saturated heterocycles. The van der Waals surface area contributed by atoms with E-state index in [2.05, 4.69) is 22.6 Å². The molecule has 0 amide bonds. The van der Waals surface area contributed by atoms with E-state index in [0.29, 0.717) is 0 Å². The zero-order valence-electron chi connectivity index (χ0n) is 8.56. The SMILES string of the molecule is C=CC(=O)OCC(C)(O)COC(=O)C=C. The molecule has 0 aliphatic rings. The van der Waals surface area contributed by atoms with Gasteiger partial charge in [-0.25, -0.2) is 9.59 Å². The smallest absolute Gasteiger partial charge is 0.330 e. The molecular weight excluding hydrogens is 200 g/mol. The molecule has 5 heteroatoms. The number of esters is 2. The first-order chi connectivity index (χ1) is 6.91. The van der Waals surface area contributed by atoms with Crippen molar-refractivity contribution in [2.24, 2.45) is 0 Å². The van der Waals surface area contributed by atoms with Crippen LogP contribution in [0.15, 0.2) is 25.3 Å². The van der Waals surface area contributed by atoms with Gasteiger partial charge in [0.1, 0.15) is 18.8 Å². The van der Waals surface area contributed by atoms with Crippen molar-refractivity contribution in [2.45, 2.75) is 12.5 Å². The molecule has 0 aromatic heterocycles. The van der Waals surface area contributed by atoms with Crippen LogP contribution in [-0.4, -0.2) is 35.9 Å². The molecule has 0 aromatic carbocycles. The summed E-state index contributed by atoms with van der Waals surface area (Å²) in [5, 5.41) is 9.58. The lowest BCUT2D eigenvalue weighted by molar-refractivity contribution is -0.154. The first-order valence-corrected chi connectivity index (χ1v) is 4.22. The van der Waals surface area contributed by atoms with E-state index in [1.54, 1.807) is 0 Å². The summed E-state index contributed by atoms with van der Waals surface area (Å²) in [6.07, 6.45) is 1.96. The number of ether oxygens (including phenoxy) is 2. The molecule has 84 valence electrons. The van der Waals surface area contributed by atoms with Crippen molar-refractivity contribution in [3.63, 3.8) is 0 Å². The van der Waals surface area contributed by atoms with E-state index in [4.69, 9.17) is 0 Å². The van der Waals surface area contributed by atoms with Crippen LogP contribution in [0.3, 0.4) is 0 Å². The molecule has 5 nitrogen and oxygen atoms in total. The fourth-order valence-electron chi connectivity index (χ4n) is 0.613. The second-order valence-electron chi connectivity index (χ2n) is 3.12. The molecule has 0 radical (unpaired) electrons. The van der Waals surface area contributed by atoms with Gasteiger partial charge in [-0.05, 0) is 6.92 Å². The number of hydrogen-bond acceptors (Lipinski definition) is 5. The Kier molecular flexibility index (Phi) is 5.33. The van der Waals surface area contributed by atoms with Gasteiger partial charge in [-0.3, -0.25) is 0 Å². The van der Waals surface area contributed by atoms with E-state index in [1.165, 1.54) is 6.92 Å². The third-order valence-electron chi connectivity index (χ3n) is 1.38. The predicted octanol–water partition coefficient (Wildman–Crippen LogP) is 0.196. The van der Waals surface area contributed by atoms with Crippen molar-refractivity contribution in [3.8, 4) is 0 Å². The van der Waals surface area contributed by atoms with Crippen LogP contribution >= 0.6 is 0 Å². The Morgan fingerprint density at radius 3 is 1.80 bits per heavy atom. The van der Waals surface area contributed by atoms with Gasteiger partial charge in [-0.15, -0.1) is 0 Å². The number of aliphatic hydroxyl groups is 1. The number of carbonyl (C=O) groups excluding carboxylic acids is 2. The monoisotopic (exact) mass is 214 g/mol. The standard InChI is InChI=1S/C10H14O5/c1-4-8(11)14-6-10(3,13)7-15-9(12)5-2/h4-5,13H,1-2,6-7H2,3H3. The van der Waals surface area contributed by atoms with Gasteiger partial charge in [-0.1, -0.05) is 13.2 Å². The highest BCUT2D eigenvalue weighted by Crippen LogP contribution is 2.05. The van der Waals surface area contributed by atoms with Crippen LogP contribution in [-0.2, 0) is 19.1 Å². The van der Waals surface area contributed by atoms with Gasteiger partial charge < -0.3 is 14.6 Å². The third kappa shape index (κ3) is 6.45. The normalized spacial score (nSPS) is 10.3. The van der Waals surface area contributed by atoms with E-state index in [-0.39, 0.29) is 13.2 Å². The molecule has 0 aliphatic heterocycles. The quantitative estimate of drug-likeness (QED) is 0.505. The lowest BCUT2D eigenvalue weighted by Crippen LogP contribution is -2.37. The fraction of sp³-hybridized carbons (Fsp3) is 0.400. The molecular formula is C10H14O5. The Morgan fingerprint density at radius 1 is 1.20 bits per heavy atom. The maximum Gasteiger partial charge on any atom is 0.330 e. The molecule has 0 unspecified atom stereocenters. The van der Waals surface area contributed by atoms with Crippen molar-refractivity contribution in [3.05, 3.63) is 25.3 Å². The molecule has 0 bridgehead atoms. The molecule has 15 heavy (non-hydrogen) atoms.